The van der Waals surface area contributed by atoms with Crippen LogP contribution >= 0.6 is 0 Å². The molecule has 0 radical (unpaired) electrons. The Morgan fingerprint density at radius 3 is 1.90 bits per heavy atom. The molecule has 3 N–H and O–H groups in total. The third-order valence-corrected chi connectivity index (χ3v) is 1.66. The molecule has 0 heterocycles. The van der Waals surface area contributed by atoms with Crippen molar-refractivity contribution in [2.75, 3.05) is 0 Å². The molecule has 0 aliphatic heterocycles. The first-order valence-electron chi connectivity index (χ1n) is 3.17. The van der Waals surface area contributed by atoms with Crippen LogP contribution in [0.4, 0.5) is 0 Å². The van der Waals surface area contributed by atoms with E-state index in [1.165, 1.54) is 0 Å². The Bertz CT molecular complexity index is 131. The molecule has 0 amide bonds. The zero-order chi connectivity index (χ0) is 7.72. The van der Waals surface area contributed by atoms with Crippen LogP contribution in [0.3, 0.4) is 0 Å². The topological polar surface area (TPSA) is 77.8 Å². The molecule has 4 nitrogen and oxygen atoms in total. The SMILES string of the molecule is O=C1C[C@@H](O)C(O)[C@H](O)C1. The summed E-state index contributed by atoms with van der Waals surface area (Å²) in [7, 11) is 0. The maximum Gasteiger partial charge on any atom is 0.138 e. The maximum absolute atomic E-state index is 10.6. The Morgan fingerprint density at radius 2 is 1.50 bits per heavy atom. The molecule has 0 spiro atoms. The summed E-state index contributed by atoms with van der Waals surface area (Å²) in [6, 6.07) is 0. The minimum absolute atomic E-state index is 0.0434. The third-order valence-electron chi connectivity index (χ3n) is 1.66. The monoisotopic (exact) mass is 146 g/mol. The summed E-state index contributed by atoms with van der Waals surface area (Å²) in [6.45, 7) is 0. The van der Waals surface area contributed by atoms with Gasteiger partial charge >= 0.3 is 0 Å². The van der Waals surface area contributed by atoms with E-state index in [4.69, 9.17) is 15.3 Å². The first-order valence-corrected chi connectivity index (χ1v) is 3.17. The average Bonchev–Trinajstić information content (AvgIpc) is 1.82. The molecule has 0 aromatic rings. The van der Waals surface area contributed by atoms with Gasteiger partial charge in [0.15, 0.2) is 0 Å². The van der Waals surface area contributed by atoms with Crippen LogP contribution in [0, 0.1) is 0 Å². The van der Waals surface area contributed by atoms with Crippen LogP contribution in [0.1, 0.15) is 12.8 Å². The van der Waals surface area contributed by atoms with Gasteiger partial charge in [-0.05, 0) is 0 Å². The number of carbonyl (C=O) groups excluding carboxylic acids is 1. The van der Waals surface area contributed by atoms with Crippen LogP contribution in [-0.2, 0) is 4.79 Å². The predicted octanol–water partition coefficient (Wildman–Crippen LogP) is -1.57. The van der Waals surface area contributed by atoms with Gasteiger partial charge in [0.2, 0.25) is 0 Å². The highest BCUT2D eigenvalue weighted by Gasteiger charge is 2.33. The minimum Gasteiger partial charge on any atom is -0.390 e. The molecule has 1 fully saturated rings. The second-order valence-corrected chi connectivity index (χ2v) is 2.57. The standard InChI is InChI=1S/C6H10O4/c7-3-1-4(8)6(10)5(9)2-3/h4-6,8-10H,1-2H2/t4-,5-/m1/s1. The molecule has 0 aromatic carbocycles. The van der Waals surface area contributed by atoms with Gasteiger partial charge in [0, 0.05) is 12.8 Å². The van der Waals surface area contributed by atoms with E-state index in [2.05, 4.69) is 0 Å². The molecular formula is C6H10O4. The molecule has 58 valence electrons. The second-order valence-electron chi connectivity index (χ2n) is 2.57. The Labute approximate surface area is 58.1 Å². The number of Topliss-reactive ketones (excluding diaryl/α,β-unsaturated/α-hetero) is 1. The highest BCUT2D eigenvalue weighted by Crippen LogP contribution is 2.15. The Balaban J connectivity index is 2.57. The lowest BCUT2D eigenvalue weighted by atomic mass is 9.91. The summed E-state index contributed by atoms with van der Waals surface area (Å²) in [5.41, 5.74) is 0. The number of hydrogen-bond acceptors (Lipinski definition) is 4. The maximum atomic E-state index is 10.6. The van der Waals surface area contributed by atoms with Crippen molar-refractivity contribution in [3.05, 3.63) is 0 Å². The summed E-state index contributed by atoms with van der Waals surface area (Å²) < 4.78 is 0. The van der Waals surface area contributed by atoms with Crippen molar-refractivity contribution < 1.29 is 20.1 Å². The summed E-state index contributed by atoms with van der Waals surface area (Å²) in [4.78, 5) is 10.6. The van der Waals surface area contributed by atoms with Gasteiger partial charge < -0.3 is 15.3 Å². The van der Waals surface area contributed by atoms with Gasteiger partial charge in [0.25, 0.3) is 0 Å². The zero-order valence-electron chi connectivity index (χ0n) is 5.40. The highest BCUT2D eigenvalue weighted by atomic mass is 16.4. The fourth-order valence-electron chi connectivity index (χ4n) is 1.05. The molecule has 0 unspecified atom stereocenters. The normalized spacial score (nSPS) is 36.5. The quantitative estimate of drug-likeness (QED) is 0.386. The highest BCUT2D eigenvalue weighted by molar-refractivity contribution is 5.80. The van der Waals surface area contributed by atoms with Crippen molar-refractivity contribution in [1.29, 1.82) is 0 Å². The van der Waals surface area contributed by atoms with Crippen LogP contribution in [0.15, 0.2) is 0 Å². The van der Waals surface area contributed by atoms with E-state index < -0.39 is 18.3 Å². The zero-order valence-corrected chi connectivity index (χ0v) is 5.40. The number of rotatable bonds is 0. The van der Waals surface area contributed by atoms with Crippen molar-refractivity contribution in [1.82, 2.24) is 0 Å². The molecular weight excluding hydrogens is 136 g/mol. The van der Waals surface area contributed by atoms with E-state index in [1.54, 1.807) is 0 Å². The number of carbonyl (C=O) groups is 1. The van der Waals surface area contributed by atoms with Crippen molar-refractivity contribution in [3.63, 3.8) is 0 Å². The van der Waals surface area contributed by atoms with Crippen molar-refractivity contribution >= 4 is 5.78 Å². The Kier molecular flexibility index (Phi) is 2.03. The summed E-state index contributed by atoms with van der Waals surface area (Å²) in [6.07, 6.45) is -3.42. The van der Waals surface area contributed by atoms with E-state index in [9.17, 15) is 4.79 Å². The Hall–Kier alpha value is -0.450. The first kappa shape index (κ1) is 7.65. The van der Waals surface area contributed by atoms with Gasteiger partial charge in [0.1, 0.15) is 11.9 Å². The van der Waals surface area contributed by atoms with Gasteiger partial charge in [-0.3, -0.25) is 4.79 Å². The van der Waals surface area contributed by atoms with Crippen LogP contribution in [0.5, 0.6) is 0 Å². The molecule has 2 atom stereocenters. The first-order chi connectivity index (χ1) is 4.61. The second kappa shape index (κ2) is 2.65. The van der Waals surface area contributed by atoms with E-state index in [-0.39, 0.29) is 18.6 Å². The predicted molar refractivity (Wildman–Crippen MR) is 32.3 cm³/mol. The van der Waals surface area contributed by atoms with Gasteiger partial charge in [-0.15, -0.1) is 0 Å². The molecule has 1 saturated carbocycles. The number of aliphatic hydroxyl groups is 3. The lowest BCUT2D eigenvalue weighted by Gasteiger charge is -2.26. The minimum atomic E-state index is -1.15. The van der Waals surface area contributed by atoms with Crippen LogP contribution in [-0.4, -0.2) is 39.4 Å². The van der Waals surface area contributed by atoms with Crippen LogP contribution in [0.2, 0.25) is 0 Å². The molecule has 0 aromatic heterocycles. The van der Waals surface area contributed by atoms with E-state index in [1.807, 2.05) is 0 Å². The molecule has 10 heavy (non-hydrogen) atoms. The van der Waals surface area contributed by atoms with Gasteiger partial charge in [-0.25, -0.2) is 0 Å². The fourth-order valence-corrected chi connectivity index (χ4v) is 1.05. The van der Waals surface area contributed by atoms with Gasteiger partial charge in [-0.1, -0.05) is 0 Å². The van der Waals surface area contributed by atoms with Crippen molar-refractivity contribution in [2.45, 2.75) is 31.2 Å². The lowest BCUT2D eigenvalue weighted by molar-refractivity contribution is -0.138. The fraction of sp³-hybridized carbons (Fsp3) is 0.833. The van der Waals surface area contributed by atoms with Crippen LogP contribution in [0.25, 0.3) is 0 Å². The van der Waals surface area contributed by atoms with Crippen molar-refractivity contribution in [3.8, 4) is 0 Å². The van der Waals surface area contributed by atoms with Gasteiger partial charge in [-0.2, -0.15) is 0 Å². The van der Waals surface area contributed by atoms with E-state index in [0.717, 1.165) is 0 Å². The Morgan fingerprint density at radius 1 is 1.10 bits per heavy atom. The average molecular weight is 146 g/mol. The number of aliphatic hydroxyl groups excluding tert-OH is 3. The van der Waals surface area contributed by atoms with Gasteiger partial charge in [0.05, 0.1) is 12.2 Å². The third kappa shape index (κ3) is 1.34. The summed E-state index contributed by atoms with van der Waals surface area (Å²) in [5, 5.41) is 26.7. The molecule has 1 rings (SSSR count). The molecule has 0 saturated heterocycles. The van der Waals surface area contributed by atoms with Crippen LogP contribution < -0.4 is 0 Å². The van der Waals surface area contributed by atoms with E-state index in [0.29, 0.717) is 0 Å². The molecule has 4 heteroatoms. The largest absolute Gasteiger partial charge is 0.390 e. The number of ketones is 1. The number of hydrogen-bond donors (Lipinski definition) is 3. The molecule has 0 bridgehead atoms. The van der Waals surface area contributed by atoms with Crippen molar-refractivity contribution in [2.24, 2.45) is 0 Å². The molecule has 1 aliphatic rings. The van der Waals surface area contributed by atoms with E-state index >= 15 is 0 Å². The summed E-state index contributed by atoms with van der Waals surface area (Å²) in [5.74, 6) is -0.203. The smallest absolute Gasteiger partial charge is 0.138 e. The molecule has 1 aliphatic carbocycles. The summed E-state index contributed by atoms with van der Waals surface area (Å²) >= 11 is 0. The lowest BCUT2D eigenvalue weighted by Crippen LogP contribution is -2.44.